The van der Waals surface area contributed by atoms with E-state index in [-0.39, 0.29) is 0 Å². The lowest BCUT2D eigenvalue weighted by Gasteiger charge is -2.37. The number of rotatable bonds is 8. The van der Waals surface area contributed by atoms with Crippen LogP contribution in [0, 0.1) is 41.5 Å². The molecule has 1 heterocycles. The molecule has 59 heavy (non-hydrogen) atoms. The highest BCUT2D eigenvalue weighted by Crippen LogP contribution is 2.59. The van der Waals surface area contributed by atoms with Gasteiger partial charge in [-0.1, -0.05) is 108 Å². The molecular weight excluding hydrogens is 715 g/mol. The zero-order chi connectivity index (χ0) is 40.4. The van der Waals surface area contributed by atoms with E-state index in [1.807, 2.05) is 6.20 Å². The molecule has 0 bridgehead atoms. The van der Waals surface area contributed by atoms with Crippen LogP contribution >= 0.6 is 0 Å². The van der Waals surface area contributed by atoms with Crippen molar-refractivity contribution in [1.82, 2.24) is 4.98 Å². The third-order valence-corrected chi connectivity index (χ3v) is 12.8. The van der Waals surface area contributed by atoms with Gasteiger partial charge in [-0.25, -0.2) is 0 Å². The fraction of sp³-hybridized carbons (Fsp3) is 0.161. The number of hydrogen-bond donors (Lipinski definition) is 0. The first-order valence-corrected chi connectivity index (χ1v) is 20.9. The highest BCUT2D eigenvalue weighted by molar-refractivity contribution is 5.92. The smallest absolute Gasteiger partial charge is 0.0730 e. The third kappa shape index (κ3) is 5.90. The summed E-state index contributed by atoms with van der Waals surface area (Å²) < 4.78 is 0. The number of benzene rings is 7. The molecule has 0 saturated carbocycles. The van der Waals surface area contributed by atoms with Gasteiger partial charge >= 0.3 is 0 Å². The van der Waals surface area contributed by atoms with E-state index >= 15 is 0 Å². The number of anilines is 6. The minimum Gasteiger partial charge on any atom is -0.310 e. The largest absolute Gasteiger partial charge is 0.310 e. The highest BCUT2D eigenvalue weighted by atomic mass is 15.2. The van der Waals surface area contributed by atoms with Crippen LogP contribution in [-0.2, 0) is 18.3 Å². The maximum Gasteiger partial charge on any atom is 0.0730 e. The van der Waals surface area contributed by atoms with Gasteiger partial charge in [0.1, 0.15) is 0 Å². The molecule has 3 heteroatoms. The first-order chi connectivity index (χ1) is 28.7. The normalized spacial score (nSPS) is 13.3. The third-order valence-electron chi connectivity index (χ3n) is 12.8. The molecule has 2 aliphatic rings. The van der Waals surface area contributed by atoms with Crippen molar-refractivity contribution in [3.8, 4) is 11.1 Å². The summed E-state index contributed by atoms with van der Waals surface area (Å²) in [6.07, 6.45) is 6.25. The Morgan fingerprint density at radius 2 is 0.915 bits per heavy atom. The molecule has 0 radical (unpaired) electrons. The van der Waals surface area contributed by atoms with Crippen molar-refractivity contribution < 1.29 is 0 Å². The van der Waals surface area contributed by atoms with E-state index in [9.17, 15) is 0 Å². The van der Waals surface area contributed by atoms with Crippen molar-refractivity contribution in [3.05, 3.63) is 231 Å². The molecule has 0 amide bonds. The molecule has 0 atom stereocenters. The van der Waals surface area contributed by atoms with Crippen LogP contribution in [0.15, 0.2) is 164 Å². The predicted molar refractivity (Wildman–Crippen MR) is 247 cm³/mol. The summed E-state index contributed by atoms with van der Waals surface area (Å²) >= 11 is 0. The topological polar surface area (TPSA) is 19.4 Å². The van der Waals surface area contributed by atoms with Crippen molar-refractivity contribution in [2.24, 2.45) is 0 Å². The SMILES string of the molecule is Cc1cc(C)c(N(c2ccccc2)c2ccc3c(c2)C(c2cccnc2)(c2ccc4c(c2)CC4)c2cc(N(c4ccccc4)c4c(C)cc(C)cc4C)ccc2-3)c(C)c1. The lowest BCUT2D eigenvalue weighted by atomic mass is 9.66. The van der Waals surface area contributed by atoms with Gasteiger partial charge in [0, 0.05) is 35.1 Å². The number of hydrogen-bond acceptors (Lipinski definition) is 3. The molecule has 288 valence electrons. The number of aryl methyl sites for hydroxylation is 8. The van der Waals surface area contributed by atoms with E-state index in [1.165, 1.54) is 83.7 Å². The van der Waals surface area contributed by atoms with Crippen molar-refractivity contribution >= 4 is 34.1 Å². The molecule has 10 rings (SSSR count). The lowest BCUT2D eigenvalue weighted by Crippen LogP contribution is -2.30. The summed E-state index contributed by atoms with van der Waals surface area (Å²) in [6.45, 7) is 13.4. The number of pyridine rings is 1. The maximum atomic E-state index is 4.85. The zero-order valence-corrected chi connectivity index (χ0v) is 34.8. The molecular formula is C56H49N3. The van der Waals surface area contributed by atoms with E-state index in [0.29, 0.717) is 0 Å². The summed E-state index contributed by atoms with van der Waals surface area (Å²) in [7, 11) is 0. The second-order valence-electron chi connectivity index (χ2n) is 16.8. The van der Waals surface area contributed by atoms with E-state index in [1.54, 1.807) is 0 Å². The van der Waals surface area contributed by atoms with Crippen LogP contribution in [0.5, 0.6) is 0 Å². The van der Waals surface area contributed by atoms with Crippen LogP contribution in [0.4, 0.5) is 34.1 Å². The molecule has 0 aliphatic heterocycles. The number of fused-ring (bicyclic) bond motifs is 4. The number of aromatic nitrogens is 1. The van der Waals surface area contributed by atoms with Gasteiger partial charge in [0.2, 0.25) is 0 Å². The van der Waals surface area contributed by atoms with E-state index < -0.39 is 5.41 Å². The Labute approximate surface area is 349 Å². The monoisotopic (exact) mass is 763 g/mol. The zero-order valence-electron chi connectivity index (χ0n) is 34.8. The van der Waals surface area contributed by atoms with Crippen LogP contribution in [0.25, 0.3) is 11.1 Å². The van der Waals surface area contributed by atoms with Crippen molar-refractivity contribution in [2.45, 2.75) is 59.8 Å². The Kier molecular flexibility index (Phi) is 8.87. The van der Waals surface area contributed by atoms with Gasteiger partial charge in [0.05, 0.1) is 16.8 Å². The maximum absolute atomic E-state index is 4.85. The molecule has 3 nitrogen and oxygen atoms in total. The Morgan fingerprint density at radius 1 is 0.424 bits per heavy atom. The van der Waals surface area contributed by atoms with Crippen LogP contribution < -0.4 is 9.80 Å². The first kappa shape index (κ1) is 36.6. The molecule has 7 aromatic carbocycles. The Hall–Kier alpha value is -6.71. The van der Waals surface area contributed by atoms with Crippen LogP contribution in [0.3, 0.4) is 0 Å². The van der Waals surface area contributed by atoms with Gasteiger partial charge in [-0.2, -0.15) is 0 Å². The molecule has 0 spiro atoms. The molecule has 0 saturated heterocycles. The lowest BCUT2D eigenvalue weighted by molar-refractivity contribution is 0.747. The molecule has 2 aliphatic carbocycles. The minimum atomic E-state index is -0.644. The first-order valence-electron chi connectivity index (χ1n) is 20.9. The van der Waals surface area contributed by atoms with Gasteiger partial charge in [-0.15, -0.1) is 0 Å². The van der Waals surface area contributed by atoms with Gasteiger partial charge < -0.3 is 9.80 Å². The molecule has 0 fully saturated rings. The fourth-order valence-corrected chi connectivity index (χ4v) is 10.4. The summed E-state index contributed by atoms with van der Waals surface area (Å²) in [5.74, 6) is 0. The number of nitrogens with zero attached hydrogens (tertiary/aromatic N) is 3. The van der Waals surface area contributed by atoms with Crippen molar-refractivity contribution in [1.29, 1.82) is 0 Å². The van der Waals surface area contributed by atoms with E-state index in [4.69, 9.17) is 4.98 Å². The fourth-order valence-electron chi connectivity index (χ4n) is 10.4. The molecule has 8 aromatic rings. The Balaban J connectivity index is 1.28. The van der Waals surface area contributed by atoms with Gasteiger partial charge in [0.15, 0.2) is 0 Å². The number of para-hydroxylation sites is 2. The van der Waals surface area contributed by atoms with E-state index in [0.717, 1.165) is 41.2 Å². The molecule has 0 unspecified atom stereocenters. The Bertz CT molecular complexity index is 2700. The summed E-state index contributed by atoms with van der Waals surface area (Å²) in [6, 6.07) is 56.9. The average Bonchev–Trinajstić information content (AvgIpc) is 3.51. The van der Waals surface area contributed by atoms with Crippen LogP contribution in [-0.4, -0.2) is 4.98 Å². The summed E-state index contributed by atoms with van der Waals surface area (Å²) in [5, 5.41) is 0. The summed E-state index contributed by atoms with van der Waals surface area (Å²) in [5.41, 5.74) is 24.3. The van der Waals surface area contributed by atoms with Crippen molar-refractivity contribution in [3.63, 3.8) is 0 Å². The second kappa shape index (κ2) is 14.3. The average molecular weight is 764 g/mol. The van der Waals surface area contributed by atoms with Gasteiger partial charge in [0.25, 0.3) is 0 Å². The second-order valence-corrected chi connectivity index (χ2v) is 16.8. The van der Waals surface area contributed by atoms with Crippen LogP contribution in [0.1, 0.15) is 66.8 Å². The van der Waals surface area contributed by atoms with E-state index in [2.05, 4.69) is 209 Å². The van der Waals surface area contributed by atoms with Crippen molar-refractivity contribution in [2.75, 3.05) is 9.80 Å². The predicted octanol–water partition coefficient (Wildman–Crippen LogP) is 14.3. The minimum absolute atomic E-state index is 0.644. The quantitative estimate of drug-likeness (QED) is 0.154. The molecule has 0 N–H and O–H groups in total. The highest BCUT2D eigenvalue weighted by Gasteiger charge is 2.47. The standard InChI is InChI=1S/C56H49N3/c1-36-28-38(3)54(39(4)29-36)58(46-15-9-7-10-16-46)48-23-25-50-51-26-24-49(59(47-17-11-8-12-18-47)55-40(5)30-37(2)31-41(55)6)34-53(51)56(52(50)33-48,45-14-13-27-57-35-45)44-22-21-42-19-20-43(42)32-44/h7-18,21-35H,19-20H2,1-6H3. The van der Waals surface area contributed by atoms with Gasteiger partial charge in [-0.05, 0) is 176 Å². The van der Waals surface area contributed by atoms with Crippen LogP contribution in [0.2, 0.25) is 0 Å². The molecule has 1 aromatic heterocycles. The summed E-state index contributed by atoms with van der Waals surface area (Å²) in [4.78, 5) is 9.77. The Morgan fingerprint density at radius 3 is 1.34 bits per heavy atom. The van der Waals surface area contributed by atoms with Gasteiger partial charge in [-0.3, -0.25) is 4.98 Å².